The molecule has 1 aromatic rings. The highest BCUT2D eigenvalue weighted by molar-refractivity contribution is 7.89. The topological polar surface area (TPSA) is 63.1 Å². The zero-order valence-corrected chi connectivity index (χ0v) is 13.6. The molecule has 0 atom stereocenters. The lowest BCUT2D eigenvalue weighted by molar-refractivity contribution is 0.577. The smallest absolute Gasteiger partial charge is 0.242 e. The Hall–Kier alpha value is -0.850. The number of hydrogen-bond donors (Lipinski definition) is 2. The van der Waals surface area contributed by atoms with Crippen LogP contribution in [0.2, 0.25) is 0 Å². The minimum absolute atomic E-state index is 0.370. The maximum Gasteiger partial charge on any atom is 0.242 e. The van der Waals surface area contributed by atoms with Crippen LogP contribution >= 0.6 is 0 Å². The van der Waals surface area contributed by atoms with Gasteiger partial charge in [-0.2, -0.15) is 0 Å². The average Bonchev–Trinajstić information content (AvgIpc) is 2.81. The van der Waals surface area contributed by atoms with Crippen LogP contribution in [-0.2, 0) is 23.1 Å². The number of hydrogen-bond acceptors (Lipinski definition) is 3. The Kier molecular flexibility index (Phi) is 7.26. The van der Waals surface area contributed by atoms with E-state index in [-0.39, 0.29) is 0 Å². The van der Waals surface area contributed by atoms with Crippen molar-refractivity contribution in [1.29, 1.82) is 0 Å². The Bertz CT molecular complexity index is 495. The van der Waals surface area contributed by atoms with Crippen LogP contribution in [0.3, 0.4) is 0 Å². The van der Waals surface area contributed by atoms with E-state index in [4.69, 9.17) is 0 Å². The fourth-order valence-corrected chi connectivity index (χ4v) is 3.13. The van der Waals surface area contributed by atoms with Crippen molar-refractivity contribution in [2.75, 3.05) is 13.1 Å². The summed E-state index contributed by atoms with van der Waals surface area (Å²) in [5.74, 6) is 0. The fourth-order valence-electron chi connectivity index (χ4n) is 1.99. The Balaban J connectivity index is 2.88. The number of unbranched alkanes of at least 4 members (excludes halogenated alkanes) is 1. The largest absolute Gasteiger partial charge is 0.349 e. The van der Waals surface area contributed by atoms with Gasteiger partial charge in [0.25, 0.3) is 0 Å². The Morgan fingerprint density at radius 2 is 1.95 bits per heavy atom. The fraction of sp³-hybridized carbons (Fsp3) is 0.714. The normalized spacial score (nSPS) is 11.9. The predicted molar refractivity (Wildman–Crippen MR) is 82.2 cm³/mol. The van der Waals surface area contributed by atoms with Crippen LogP contribution in [0.25, 0.3) is 0 Å². The van der Waals surface area contributed by atoms with Crippen molar-refractivity contribution in [3.05, 3.63) is 18.0 Å². The molecule has 0 amide bonds. The van der Waals surface area contributed by atoms with E-state index in [1.165, 1.54) is 0 Å². The van der Waals surface area contributed by atoms with Crippen LogP contribution in [0.1, 0.15) is 45.7 Å². The molecule has 1 aromatic heterocycles. The van der Waals surface area contributed by atoms with Gasteiger partial charge in [-0.25, -0.2) is 13.1 Å². The summed E-state index contributed by atoms with van der Waals surface area (Å²) >= 11 is 0. The third-order valence-electron chi connectivity index (χ3n) is 3.11. The third-order valence-corrected chi connectivity index (χ3v) is 4.54. The minimum Gasteiger partial charge on any atom is -0.349 e. The molecule has 1 rings (SSSR count). The highest BCUT2D eigenvalue weighted by atomic mass is 32.2. The van der Waals surface area contributed by atoms with Gasteiger partial charge in [0.05, 0.1) is 4.90 Å². The average molecular weight is 301 g/mol. The van der Waals surface area contributed by atoms with E-state index < -0.39 is 10.0 Å². The molecule has 0 saturated carbocycles. The molecule has 0 radical (unpaired) electrons. The van der Waals surface area contributed by atoms with E-state index in [1.54, 1.807) is 12.3 Å². The van der Waals surface area contributed by atoms with E-state index in [0.29, 0.717) is 18.0 Å². The molecule has 0 unspecified atom stereocenters. The molecule has 6 heteroatoms. The number of nitrogens with one attached hydrogen (secondary N) is 2. The molecule has 116 valence electrons. The Morgan fingerprint density at radius 1 is 1.20 bits per heavy atom. The summed E-state index contributed by atoms with van der Waals surface area (Å²) in [4.78, 5) is 0.370. The number of nitrogens with zero attached hydrogens (tertiary/aromatic N) is 1. The van der Waals surface area contributed by atoms with Crippen molar-refractivity contribution >= 4 is 10.0 Å². The van der Waals surface area contributed by atoms with Gasteiger partial charge in [0.1, 0.15) is 0 Å². The van der Waals surface area contributed by atoms with Gasteiger partial charge in [0.2, 0.25) is 10.0 Å². The van der Waals surface area contributed by atoms with Crippen molar-refractivity contribution in [2.24, 2.45) is 0 Å². The summed E-state index contributed by atoms with van der Waals surface area (Å²) in [5.41, 5.74) is 1.02. The van der Waals surface area contributed by atoms with Crippen molar-refractivity contribution in [1.82, 2.24) is 14.6 Å². The first-order valence-electron chi connectivity index (χ1n) is 7.44. The van der Waals surface area contributed by atoms with Crippen LogP contribution in [0.4, 0.5) is 0 Å². The first kappa shape index (κ1) is 17.2. The van der Waals surface area contributed by atoms with Gasteiger partial charge in [-0.3, -0.25) is 0 Å². The molecular formula is C14H27N3O2S. The number of rotatable bonds is 10. The molecule has 0 aliphatic heterocycles. The van der Waals surface area contributed by atoms with Gasteiger partial charge in [-0.15, -0.1) is 0 Å². The molecule has 0 aliphatic rings. The van der Waals surface area contributed by atoms with E-state index in [2.05, 4.69) is 17.0 Å². The van der Waals surface area contributed by atoms with Crippen molar-refractivity contribution in [2.45, 2.75) is 58.0 Å². The summed E-state index contributed by atoms with van der Waals surface area (Å²) < 4.78 is 29.1. The van der Waals surface area contributed by atoms with Gasteiger partial charge in [0, 0.05) is 31.5 Å². The Morgan fingerprint density at radius 3 is 2.55 bits per heavy atom. The highest BCUT2D eigenvalue weighted by Crippen LogP contribution is 2.15. The lowest BCUT2D eigenvalue weighted by atomic mass is 10.3. The second-order valence-corrected chi connectivity index (χ2v) is 6.66. The van der Waals surface area contributed by atoms with E-state index in [1.807, 2.05) is 18.4 Å². The first-order valence-corrected chi connectivity index (χ1v) is 8.92. The van der Waals surface area contributed by atoms with Crippen molar-refractivity contribution in [3.63, 3.8) is 0 Å². The monoisotopic (exact) mass is 301 g/mol. The molecule has 0 spiro atoms. The number of aryl methyl sites for hydroxylation is 1. The molecule has 0 fully saturated rings. The number of sulfonamides is 1. The molecule has 20 heavy (non-hydrogen) atoms. The van der Waals surface area contributed by atoms with Gasteiger partial charge < -0.3 is 9.88 Å². The summed E-state index contributed by atoms with van der Waals surface area (Å²) in [5, 5.41) is 3.24. The molecule has 0 aliphatic carbocycles. The van der Waals surface area contributed by atoms with Crippen LogP contribution in [-0.4, -0.2) is 26.1 Å². The van der Waals surface area contributed by atoms with Crippen LogP contribution < -0.4 is 10.0 Å². The molecule has 2 N–H and O–H groups in total. The second kappa shape index (κ2) is 8.44. The lowest BCUT2D eigenvalue weighted by Crippen LogP contribution is -2.24. The number of aromatic nitrogens is 1. The van der Waals surface area contributed by atoms with Gasteiger partial charge >= 0.3 is 0 Å². The summed E-state index contributed by atoms with van der Waals surface area (Å²) in [7, 11) is -3.38. The van der Waals surface area contributed by atoms with Crippen molar-refractivity contribution < 1.29 is 8.42 Å². The molecule has 0 saturated heterocycles. The van der Waals surface area contributed by atoms with Crippen molar-refractivity contribution in [3.8, 4) is 0 Å². The summed E-state index contributed by atoms with van der Waals surface area (Å²) in [6.07, 6.45) is 4.56. The lowest BCUT2D eigenvalue weighted by Gasteiger charge is -2.07. The van der Waals surface area contributed by atoms with Crippen LogP contribution in [0.5, 0.6) is 0 Å². The Labute approximate surface area is 122 Å². The third kappa shape index (κ3) is 4.92. The van der Waals surface area contributed by atoms with E-state index >= 15 is 0 Å². The zero-order valence-electron chi connectivity index (χ0n) is 12.8. The van der Waals surface area contributed by atoms with E-state index in [9.17, 15) is 8.42 Å². The second-order valence-electron chi connectivity index (χ2n) is 4.89. The molecule has 5 nitrogen and oxygen atoms in total. The van der Waals surface area contributed by atoms with Crippen LogP contribution in [0.15, 0.2) is 17.2 Å². The molecular weight excluding hydrogens is 274 g/mol. The first-order chi connectivity index (χ1) is 9.55. The quantitative estimate of drug-likeness (QED) is 0.650. The van der Waals surface area contributed by atoms with E-state index in [0.717, 1.165) is 38.0 Å². The summed E-state index contributed by atoms with van der Waals surface area (Å²) in [6, 6.07) is 1.77. The zero-order chi connectivity index (χ0) is 15.0. The molecule has 0 bridgehead atoms. The highest BCUT2D eigenvalue weighted by Gasteiger charge is 2.17. The van der Waals surface area contributed by atoms with Gasteiger partial charge in [-0.1, -0.05) is 27.2 Å². The summed E-state index contributed by atoms with van der Waals surface area (Å²) in [6.45, 7) is 9.07. The van der Waals surface area contributed by atoms with Gasteiger partial charge in [-0.05, 0) is 25.5 Å². The van der Waals surface area contributed by atoms with Gasteiger partial charge in [0.15, 0.2) is 0 Å². The SMILES string of the molecule is CCCCNS(=O)(=O)c1cc(CNCC)n(CCC)c1. The maximum atomic E-state index is 12.2. The standard InChI is InChI=1S/C14H27N3O2S/c1-4-7-8-16-20(18,19)14-10-13(11-15-6-3)17(12-14)9-5-2/h10,12,15-16H,4-9,11H2,1-3H3. The maximum absolute atomic E-state index is 12.2. The predicted octanol–water partition coefficient (Wildman–Crippen LogP) is 2.09. The minimum atomic E-state index is -3.38. The molecule has 0 aromatic carbocycles. The molecule has 1 heterocycles. The van der Waals surface area contributed by atoms with Crippen LogP contribution in [0, 0.1) is 0 Å².